The molecule has 0 aromatic heterocycles. The fourth-order valence-electron chi connectivity index (χ4n) is 1.68. The van der Waals surface area contributed by atoms with Crippen molar-refractivity contribution in [3.63, 3.8) is 0 Å². The lowest BCUT2D eigenvalue weighted by atomic mass is 9.82. The largest absolute Gasteiger partial charge is 0.331 e. The lowest BCUT2D eigenvalue weighted by Gasteiger charge is -2.42. The molecule has 92 valence electrons. The van der Waals surface area contributed by atoms with E-state index in [1.807, 2.05) is 0 Å². The van der Waals surface area contributed by atoms with Crippen molar-refractivity contribution in [1.29, 1.82) is 0 Å². The van der Waals surface area contributed by atoms with E-state index in [4.69, 9.17) is 0 Å². The second-order valence-electron chi connectivity index (χ2n) is 4.85. The smallest absolute Gasteiger partial charge is 0.276 e. The van der Waals surface area contributed by atoms with Crippen molar-refractivity contribution in [2.45, 2.75) is 26.3 Å². The molecule has 0 atom stereocenters. The molecule has 1 aliphatic heterocycles. The van der Waals surface area contributed by atoms with Crippen LogP contribution in [0.25, 0.3) is 0 Å². The van der Waals surface area contributed by atoms with Gasteiger partial charge >= 0.3 is 6.03 Å². The van der Waals surface area contributed by atoms with E-state index < -0.39 is 28.8 Å². The van der Waals surface area contributed by atoms with Gasteiger partial charge in [0.2, 0.25) is 0 Å². The Kier molecular flexibility index (Phi) is 2.97. The molecular weight excluding hydrogens is 220 g/mol. The molecular formula is C12H16N2O3. The Balaban J connectivity index is 3.36. The van der Waals surface area contributed by atoms with Gasteiger partial charge in [-0.3, -0.25) is 19.8 Å². The Morgan fingerprint density at radius 3 is 2.00 bits per heavy atom. The van der Waals surface area contributed by atoms with E-state index in [0.29, 0.717) is 0 Å². The molecule has 1 aliphatic rings. The summed E-state index contributed by atoms with van der Waals surface area (Å²) in [6.45, 7) is 12.1. The lowest BCUT2D eigenvalue weighted by Crippen LogP contribution is -2.66. The summed E-state index contributed by atoms with van der Waals surface area (Å²) in [4.78, 5) is 36.7. The third kappa shape index (κ3) is 1.77. The summed E-state index contributed by atoms with van der Waals surface area (Å²) >= 11 is 0. The lowest BCUT2D eigenvalue weighted by molar-refractivity contribution is -0.147. The fraction of sp³-hybridized carbons (Fsp3) is 0.417. The number of rotatable bonds is 2. The number of urea groups is 1. The van der Waals surface area contributed by atoms with E-state index in [1.54, 1.807) is 20.8 Å². The van der Waals surface area contributed by atoms with Crippen molar-refractivity contribution >= 4 is 17.8 Å². The molecule has 1 N–H and O–H groups in total. The van der Waals surface area contributed by atoms with Crippen molar-refractivity contribution < 1.29 is 14.4 Å². The molecule has 1 saturated heterocycles. The van der Waals surface area contributed by atoms with Gasteiger partial charge in [-0.15, -0.1) is 13.2 Å². The van der Waals surface area contributed by atoms with Gasteiger partial charge in [-0.05, 0) is 20.8 Å². The second-order valence-corrected chi connectivity index (χ2v) is 4.85. The number of nitrogens with zero attached hydrogens (tertiary/aromatic N) is 1. The maximum atomic E-state index is 12.3. The molecule has 1 fully saturated rings. The van der Waals surface area contributed by atoms with Crippen LogP contribution in [0.1, 0.15) is 20.8 Å². The van der Waals surface area contributed by atoms with Gasteiger partial charge < -0.3 is 0 Å². The minimum atomic E-state index is -1.57. The number of carbonyl (C=O) groups is 3. The first-order chi connectivity index (χ1) is 7.70. The van der Waals surface area contributed by atoms with Crippen molar-refractivity contribution in [1.82, 2.24) is 10.2 Å². The van der Waals surface area contributed by atoms with Crippen molar-refractivity contribution in [2.75, 3.05) is 0 Å². The van der Waals surface area contributed by atoms with E-state index in [1.165, 1.54) is 12.2 Å². The normalized spacial score (nSPS) is 19.9. The maximum Gasteiger partial charge on any atom is 0.331 e. The molecule has 1 rings (SSSR count). The van der Waals surface area contributed by atoms with Gasteiger partial charge in [0, 0.05) is 5.54 Å². The van der Waals surface area contributed by atoms with Crippen LogP contribution in [0.2, 0.25) is 0 Å². The van der Waals surface area contributed by atoms with Crippen LogP contribution >= 0.6 is 0 Å². The number of amides is 4. The number of barbiturate groups is 1. The molecule has 5 nitrogen and oxygen atoms in total. The van der Waals surface area contributed by atoms with Crippen molar-refractivity contribution in [3.05, 3.63) is 25.3 Å². The van der Waals surface area contributed by atoms with Gasteiger partial charge in [0.15, 0.2) is 5.41 Å². The van der Waals surface area contributed by atoms with Crippen LogP contribution in [0.15, 0.2) is 25.3 Å². The zero-order chi connectivity index (χ0) is 13.4. The summed E-state index contributed by atoms with van der Waals surface area (Å²) in [7, 11) is 0. The molecule has 0 saturated carbocycles. The van der Waals surface area contributed by atoms with Gasteiger partial charge in [0.1, 0.15) is 0 Å². The predicted molar refractivity (Wildman–Crippen MR) is 63.0 cm³/mol. The maximum absolute atomic E-state index is 12.3. The first-order valence-electron chi connectivity index (χ1n) is 5.18. The highest BCUT2D eigenvalue weighted by Gasteiger charge is 2.52. The monoisotopic (exact) mass is 236 g/mol. The van der Waals surface area contributed by atoms with Crippen LogP contribution in [0, 0.1) is 5.41 Å². The van der Waals surface area contributed by atoms with Crippen molar-refractivity contribution in [3.8, 4) is 0 Å². The van der Waals surface area contributed by atoms with E-state index in [0.717, 1.165) is 4.90 Å². The second kappa shape index (κ2) is 3.84. The Bertz CT molecular complexity index is 410. The van der Waals surface area contributed by atoms with Gasteiger partial charge in [-0.2, -0.15) is 0 Å². The summed E-state index contributed by atoms with van der Waals surface area (Å²) in [5.41, 5.74) is -2.29. The quantitative estimate of drug-likeness (QED) is 0.579. The Labute approximate surface area is 100 Å². The SMILES string of the molecule is C=CC1(C=C)C(=O)NC(=O)N(C(C)(C)C)C1=O. The number of hydrogen-bond acceptors (Lipinski definition) is 3. The highest BCUT2D eigenvalue weighted by Crippen LogP contribution is 2.31. The molecule has 0 radical (unpaired) electrons. The number of carbonyl (C=O) groups excluding carboxylic acids is 3. The zero-order valence-corrected chi connectivity index (χ0v) is 10.2. The molecule has 0 unspecified atom stereocenters. The summed E-state index contributed by atoms with van der Waals surface area (Å²) in [5.74, 6) is -1.33. The van der Waals surface area contributed by atoms with Crippen LogP contribution in [0.3, 0.4) is 0 Å². The highest BCUT2D eigenvalue weighted by atomic mass is 16.2. The summed E-state index contributed by atoms with van der Waals surface area (Å²) in [5, 5.41) is 2.14. The standard InChI is InChI=1S/C12H16N2O3/c1-6-12(7-2)8(15)13-10(17)14(9(12)16)11(3,4)5/h6-7H,1-2H2,3-5H3,(H,13,15,17). The molecule has 0 bridgehead atoms. The van der Waals surface area contributed by atoms with Gasteiger partial charge in [0.05, 0.1) is 0 Å². The summed E-state index contributed by atoms with van der Waals surface area (Å²) in [6, 6.07) is -0.716. The van der Waals surface area contributed by atoms with Gasteiger partial charge in [0.25, 0.3) is 11.8 Å². The number of hydrogen-bond donors (Lipinski definition) is 1. The first kappa shape index (κ1) is 13.2. The van der Waals surface area contributed by atoms with Crippen molar-refractivity contribution in [2.24, 2.45) is 5.41 Å². The summed E-state index contributed by atoms with van der Waals surface area (Å²) in [6.07, 6.45) is 2.39. The van der Waals surface area contributed by atoms with Gasteiger partial charge in [-0.1, -0.05) is 12.2 Å². The molecule has 0 aliphatic carbocycles. The van der Waals surface area contributed by atoms with Crippen LogP contribution in [0.5, 0.6) is 0 Å². The average molecular weight is 236 g/mol. The Morgan fingerprint density at radius 1 is 1.18 bits per heavy atom. The number of nitrogens with one attached hydrogen (secondary N) is 1. The van der Waals surface area contributed by atoms with E-state index >= 15 is 0 Å². The van der Waals surface area contributed by atoms with Gasteiger partial charge in [-0.25, -0.2) is 4.79 Å². The van der Waals surface area contributed by atoms with Crippen LogP contribution in [0.4, 0.5) is 4.79 Å². The Morgan fingerprint density at radius 2 is 1.65 bits per heavy atom. The Hall–Kier alpha value is -1.91. The van der Waals surface area contributed by atoms with Crippen LogP contribution < -0.4 is 5.32 Å². The molecule has 4 amide bonds. The highest BCUT2D eigenvalue weighted by molar-refractivity contribution is 6.21. The first-order valence-corrected chi connectivity index (χ1v) is 5.18. The third-order valence-electron chi connectivity index (χ3n) is 2.67. The molecule has 0 aromatic carbocycles. The third-order valence-corrected chi connectivity index (χ3v) is 2.67. The average Bonchev–Trinajstić information content (AvgIpc) is 2.16. The van der Waals surface area contributed by atoms with Crippen LogP contribution in [-0.2, 0) is 9.59 Å². The summed E-state index contributed by atoms with van der Waals surface area (Å²) < 4.78 is 0. The molecule has 17 heavy (non-hydrogen) atoms. The van der Waals surface area contributed by atoms with E-state index in [2.05, 4.69) is 18.5 Å². The molecule has 0 spiro atoms. The van der Waals surface area contributed by atoms with E-state index in [-0.39, 0.29) is 0 Å². The fourth-order valence-corrected chi connectivity index (χ4v) is 1.68. The zero-order valence-electron chi connectivity index (χ0n) is 10.2. The van der Waals surface area contributed by atoms with Crippen LogP contribution in [-0.4, -0.2) is 28.3 Å². The molecule has 0 aromatic rings. The molecule has 5 heteroatoms. The predicted octanol–water partition coefficient (Wildman–Crippen LogP) is 1.22. The van der Waals surface area contributed by atoms with E-state index in [9.17, 15) is 14.4 Å². The minimum Gasteiger partial charge on any atom is -0.276 e. The topological polar surface area (TPSA) is 66.5 Å². The molecule has 1 heterocycles. The minimum absolute atomic E-state index is 0.622. The number of imide groups is 2.